The standard InChI is InChI=1S/C21H23FN2O4/c1-12-5-6-13(2)16(7-12)20(25)23-17-8-14(9-18(27-3)19(17)28-4)21(26)24-10-15(22)11-24/h5-9,15H,10-11H2,1-4H3,(H,23,25). The third-order valence-corrected chi connectivity index (χ3v) is 4.74. The normalized spacial score (nSPS) is 13.7. The van der Waals surface area contributed by atoms with E-state index in [-0.39, 0.29) is 24.9 Å². The minimum absolute atomic E-state index is 0.0668. The lowest BCUT2D eigenvalue weighted by Gasteiger charge is -2.34. The van der Waals surface area contributed by atoms with Crippen LogP contribution in [0.2, 0.25) is 0 Å². The smallest absolute Gasteiger partial charge is 0.256 e. The fourth-order valence-corrected chi connectivity index (χ4v) is 3.12. The van der Waals surface area contributed by atoms with Gasteiger partial charge in [0, 0.05) is 11.1 Å². The Balaban J connectivity index is 1.96. The zero-order chi connectivity index (χ0) is 20.4. The number of aryl methyl sites for hydroxylation is 2. The number of rotatable bonds is 5. The van der Waals surface area contributed by atoms with Gasteiger partial charge in [-0.25, -0.2) is 4.39 Å². The number of likely N-dealkylation sites (tertiary alicyclic amines) is 1. The first-order valence-corrected chi connectivity index (χ1v) is 8.92. The zero-order valence-electron chi connectivity index (χ0n) is 16.3. The predicted molar refractivity (Wildman–Crippen MR) is 104 cm³/mol. The SMILES string of the molecule is COc1cc(C(=O)N2CC(F)C2)cc(NC(=O)c2cc(C)ccc2C)c1OC. The summed E-state index contributed by atoms with van der Waals surface area (Å²) in [5.74, 6) is -0.0253. The lowest BCUT2D eigenvalue weighted by atomic mass is 10.0. The van der Waals surface area contributed by atoms with Gasteiger partial charge in [0.15, 0.2) is 11.5 Å². The zero-order valence-corrected chi connectivity index (χ0v) is 16.3. The van der Waals surface area contributed by atoms with Crippen LogP contribution in [0.5, 0.6) is 11.5 Å². The fraction of sp³-hybridized carbons (Fsp3) is 0.333. The van der Waals surface area contributed by atoms with Gasteiger partial charge in [-0.3, -0.25) is 9.59 Å². The van der Waals surface area contributed by atoms with E-state index in [1.54, 1.807) is 6.07 Å². The van der Waals surface area contributed by atoms with Crippen LogP contribution >= 0.6 is 0 Å². The topological polar surface area (TPSA) is 67.9 Å². The number of anilines is 1. The molecule has 1 heterocycles. The Morgan fingerprint density at radius 2 is 1.82 bits per heavy atom. The largest absolute Gasteiger partial charge is 0.493 e. The Bertz CT molecular complexity index is 923. The quantitative estimate of drug-likeness (QED) is 0.856. The summed E-state index contributed by atoms with van der Waals surface area (Å²) in [5.41, 5.74) is 2.92. The van der Waals surface area contributed by atoms with E-state index in [0.29, 0.717) is 28.3 Å². The van der Waals surface area contributed by atoms with Crippen LogP contribution in [0.25, 0.3) is 0 Å². The number of carbonyl (C=O) groups is 2. The van der Waals surface area contributed by atoms with Crippen LogP contribution in [-0.2, 0) is 0 Å². The van der Waals surface area contributed by atoms with Crippen LogP contribution < -0.4 is 14.8 Å². The highest BCUT2D eigenvalue weighted by Gasteiger charge is 2.32. The van der Waals surface area contributed by atoms with E-state index in [0.717, 1.165) is 11.1 Å². The van der Waals surface area contributed by atoms with Gasteiger partial charge in [0.05, 0.1) is 33.0 Å². The molecule has 2 amide bonds. The van der Waals surface area contributed by atoms with Crippen LogP contribution in [0.15, 0.2) is 30.3 Å². The number of hydrogen-bond donors (Lipinski definition) is 1. The Kier molecular flexibility index (Phi) is 5.53. The number of hydrogen-bond acceptors (Lipinski definition) is 4. The van der Waals surface area contributed by atoms with Gasteiger partial charge in [-0.1, -0.05) is 17.7 Å². The minimum atomic E-state index is -0.993. The molecule has 6 nitrogen and oxygen atoms in total. The van der Waals surface area contributed by atoms with Crippen molar-refractivity contribution in [3.63, 3.8) is 0 Å². The third-order valence-electron chi connectivity index (χ3n) is 4.74. The number of benzene rings is 2. The molecule has 2 aromatic carbocycles. The van der Waals surface area contributed by atoms with Crippen LogP contribution in [0.4, 0.5) is 10.1 Å². The van der Waals surface area contributed by atoms with Gasteiger partial charge in [-0.2, -0.15) is 0 Å². The van der Waals surface area contributed by atoms with Crippen molar-refractivity contribution in [3.8, 4) is 11.5 Å². The minimum Gasteiger partial charge on any atom is -0.493 e. The van der Waals surface area contributed by atoms with Gasteiger partial charge in [-0.05, 0) is 37.6 Å². The van der Waals surface area contributed by atoms with Crippen molar-refractivity contribution < 1.29 is 23.5 Å². The summed E-state index contributed by atoms with van der Waals surface area (Å²) in [5, 5.41) is 2.81. The first-order chi connectivity index (χ1) is 13.3. The molecule has 0 spiro atoms. The number of amides is 2. The monoisotopic (exact) mass is 386 g/mol. The number of methoxy groups -OCH3 is 2. The average Bonchev–Trinajstić information content (AvgIpc) is 2.66. The molecule has 1 aliphatic rings. The third kappa shape index (κ3) is 3.78. The van der Waals surface area contributed by atoms with Gasteiger partial charge < -0.3 is 19.7 Å². The van der Waals surface area contributed by atoms with Crippen molar-refractivity contribution in [2.45, 2.75) is 20.0 Å². The van der Waals surface area contributed by atoms with E-state index < -0.39 is 6.17 Å². The molecular weight excluding hydrogens is 363 g/mol. The van der Waals surface area contributed by atoms with Crippen molar-refractivity contribution in [2.75, 3.05) is 32.6 Å². The summed E-state index contributed by atoms with van der Waals surface area (Å²) < 4.78 is 23.8. The summed E-state index contributed by atoms with van der Waals surface area (Å²) in [6, 6.07) is 8.66. The number of halogens is 1. The summed E-state index contributed by atoms with van der Waals surface area (Å²) in [6.07, 6.45) is -0.993. The summed E-state index contributed by atoms with van der Waals surface area (Å²) in [7, 11) is 2.90. The Labute approximate surface area is 163 Å². The summed E-state index contributed by atoms with van der Waals surface area (Å²) in [6.45, 7) is 3.89. The maximum absolute atomic E-state index is 13.1. The first kappa shape index (κ1) is 19.7. The van der Waals surface area contributed by atoms with E-state index in [1.165, 1.54) is 31.3 Å². The lowest BCUT2D eigenvalue weighted by molar-refractivity contribution is 0.0400. The molecule has 2 aromatic rings. The van der Waals surface area contributed by atoms with E-state index in [1.807, 2.05) is 26.0 Å². The van der Waals surface area contributed by atoms with Gasteiger partial charge in [0.25, 0.3) is 11.8 Å². The average molecular weight is 386 g/mol. The number of ether oxygens (including phenoxy) is 2. The van der Waals surface area contributed by atoms with Crippen molar-refractivity contribution in [2.24, 2.45) is 0 Å². The van der Waals surface area contributed by atoms with Crippen LogP contribution in [-0.4, -0.2) is 50.2 Å². The van der Waals surface area contributed by atoms with Gasteiger partial charge >= 0.3 is 0 Å². The maximum atomic E-state index is 13.1. The second-order valence-electron chi connectivity index (χ2n) is 6.84. The van der Waals surface area contributed by atoms with Crippen molar-refractivity contribution in [1.29, 1.82) is 0 Å². The van der Waals surface area contributed by atoms with Crippen LogP contribution in [0.1, 0.15) is 31.8 Å². The van der Waals surface area contributed by atoms with E-state index in [2.05, 4.69) is 5.32 Å². The molecule has 0 aromatic heterocycles. The molecule has 0 unspecified atom stereocenters. The maximum Gasteiger partial charge on any atom is 0.256 e. The van der Waals surface area contributed by atoms with E-state index >= 15 is 0 Å². The van der Waals surface area contributed by atoms with Crippen molar-refractivity contribution in [3.05, 3.63) is 52.6 Å². The van der Waals surface area contributed by atoms with Crippen molar-refractivity contribution >= 4 is 17.5 Å². The first-order valence-electron chi connectivity index (χ1n) is 8.92. The summed E-state index contributed by atoms with van der Waals surface area (Å²) in [4.78, 5) is 26.8. The molecule has 0 saturated carbocycles. The molecular formula is C21H23FN2O4. The molecule has 0 atom stereocenters. The number of alkyl halides is 1. The highest BCUT2D eigenvalue weighted by atomic mass is 19.1. The molecule has 0 radical (unpaired) electrons. The second-order valence-corrected chi connectivity index (χ2v) is 6.84. The fourth-order valence-electron chi connectivity index (χ4n) is 3.12. The molecule has 28 heavy (non-hydrogen) atoms. The van der Waals surface area contributed by atoms with Gasteiger partial charge in [0.2, 0.25) is 0 Å². The molecule has 1 N–H and O–H groups in total. The van der Waals surface area contributed by atoms with E-state index in [4.69, 9.17) is 9.47 Å². The van der Waals surface area contributed by atoms with E-state index in [9.17, 15) is 14.0 Å². The van der Waals surface area contributed by atoms with Gasteiger partial charge in [-0.15, -0.1) is 0 Å². The molecule has 148 valence electrons. The Morgan fingerprint density at radius 3 is 2.43 bits per heavy atom. The molecule has 7 heteroatoms. The lowest BCUT2D eigenvalue weighted by Crippen LogP contribution is -2.51. The Hall–Kier alpha value is -3.09. The number of nitrogens with zero attached hydrogens (tertiary/aromatic N) is 1. The molecule has 1 saturated heterocycles. The summed E-state index contributed by atoms with van der Waals surface area (Å²) >= 11 is 0. The second kappa shape index (κ2) is 7.88. The van der Waals surface area contributed by atoms with Crippen LogP contribution in [0.3, 0.4) is 0 Å². The molecule has 1 aliphatic heterocycles. The molecule has 0 aliphatic carbocycles. The molecule has 0 bridgehead atoms. The highest BCUT2D eigenvalue weighted by molar-refractivity contribution is 6.07. The number of nitrogens with one attached hydrogen (secondary N) is 1. The molecule has 3 rings (SSSR count). The highest BCUT2D eigenvalue weighted by Crippen LogP contribution is 2.37. The van der Waals surface area contributed by atoms with Crippen LogP contribution in [0, 0.1) is 13.8 Å². The van der Waals surface area contributed by atoms with Gasteiger partial charge in [0.1, 0.15) is 6.17 Å². The Morgan fingerprint density at radius 1 is 1.11 bits per heavy atom. The predicted octanol–water partition coefficient (Wildman–Crippen LogP) is 3.37. The van der Waals surface area contributed by atoms with Crippen molar-refractivity contribution in [1.82, 2.24) is 4.90 Å². The number of carbonyl (C=O) groups excluding carboxylic acids is 2. The molecule has 1 fully saturated rings.